The number of carbonyl (C=O) groups excluding carboxylic acids is 1. The van der Waals surface area contributed by atoms with E-state index in [4.69, 9.17) is 4.74 Å². The number of aromatic nitrogens is 1. The van der Waals surface area contributed by atoms with Gasteiger partial charge in [-0.25, -0.2) is 0 Å². The smallest absolute Gasteiger partial charge is 0.223 e. The summed E-state index contributed by atoms with van der Waals surface area (Å²) in [5, 5.41) is 0. The summed E-state index contributed by atoms with van der Waals surface area (Å²) in [6.45, 7) is 5.39. The number of amides is 1. The number of rotatable bonds is 4. The molecule has 0 radical (unpaired) electrons. The molecule has 19 heavy (non-hydrogen) atoms. The van der Waals surface area contributed by atoms with Crippen LogP contribution in [0.5, 0.6) is 0 Å². The number of nitrogens with zero attached hydrogens (tertiary/aromatic N) is 2. The first-order valence-corrected chi connectivity index (χ1v) is 6.97. The second-order valence-corrected chi connectivity index (χ2v) is 5.21. The van der Waals surface area contributed by atoms with Gasteiger partial charge in [-0.2, -0.15) is 0 Å². The monoisotopic (exact) mass is 262 g/mol. The summed E-state index contributed by atoms with van der Waals surface area (Å²) in [6, 6.07) is 6.27. The molecule has 104 valence electrons. The van der Waals surface area contributed by atoms with Crippen LogP contribution < -0.4 is 0 Å². The molecule has 1 aliphatic rings. The zero-order chi connectivity index (χ0) is 13.7. The van der Waals surface area contributed by atoms with E-state index < -0.39 is 0 Å². The predicted octanol–water partition coefficient (Wildman–Crippen LogP) is 2.04. The van der Waals surface area contributed by atoms with E-state index >= 15 is 0 Å². The summed E-state index contributed by atoms with van der Waals surface area (Å²) in [4.78, 5) is 18.5. The molecule has 0 aromatic carbocycles. The van der Waals surface area contributed by atoms with Crippen molar-refractivity contribution < 1.29 is 9.53 Å². The molecule has 1 aliphatic heterocycles. The maximum absolute atomic E-state index is 12.3. The second-order valence-electron chi connectivity index (χ2n) is 5.21. The number of morpholine rings is 1. The number of hydrogen-bond acceptors (Lipinski definition) is 3. The average molecular weight is 262 g/mol. The lowest BCUT2D eigenvalue weighted by Crippen LogP contribution is -2.52. The van der Waals surface area contributed by atoms with Crippen LogP contribution in [-0.2, 0) is 16.0 Å². The molecule has 2 atom stereocenters. The van der Waals surface area contributed by atoms with Crippen LogP contribution in [0, 0.1) is 0 Å². The highest BCUT2D eigenvalue weighted by Crippen LogP contribution is 2.15. The molecule has 0 bridgehead atoms. The second kappa shape index (κ2) is 6.66. The fourth-order valence-electron chi connectivity index (χ4n) is 2.59. The highest BCUT2D eigenvalue weighted by atomic mass is 16.5. The zero-order valence-electron chi connectivity index (χ0n) is 11.7. The van der Waals surface area contributed by atoms with Gasteiger partial charge in [0.05, 0.1) is 25.3 Å². The van der Waals surface area contributed by atoms with Crippen LogP contribution in [0.3, 0.4) is 0 Å². The molecule has 1 amide bonds. The summed E-state index contributed by atoms with van der Waals surface area (Å²) in [7, 11) is 0. The van der Waals surface area contributed by atoms with Crippen LogP contribution in [0.1, 0.15) is 32.4 Å². The third kappa shape index (κ3) is 3.77. The first-order valence-electron chi connectivity index (χ1n) is 6.97. The van der Waals surface area contributed by atoms with Crippen LogP contribution in [0.4, 0.5) is 0 Å². The lowest BCUT2D eigenvalue weighted by molar-refractivity contribution is -0.144. The molecule has 1 saturated heterocycles. The summed E-state index contributed by atoms with van der Waals surface area (Å²) < 4.78 is 5.44. The molecule has 1 fully saturated rings. The van der Waals surface area contributed by atoms with Crippen molar-refractivity contribution in [3.05, 3.63) is 30.1 Å². The largest absolute Gasteiger partial charge is 0.377 e. The van der Waals surface area contributed by atoms with Gasteiger partial charge in [-0.15, -0.1) is 0 Å². The Morgan fingerprint density at radius 2 is 2.11 bits per heavy atom. The molecule has 1 aromatic heterocycles. The Morgan fingerprint density at radius 1 is 1.37 bits per heavy atom. The summed E-state index contributed by atoms with van der Waals surface area (Å²) >= 11 is 0. The van der Waals surface area contributed by atoms with Crippen LogP contribution in [0.25, 0.3) is 0 Å². The summed E-state index contributed by atoms with van der Waals surface area (Å²) in [6.07, 6.45) is 4.10. The molecule has 0 aliphatic carbocycles. The average Bonchev–Trinajstić information content (AvgIpc) is 2.40. The van der Waals surface area contributed by atoms with Crippen molar-refractivity contribution in [2.24, 2.45) is 0 Å². The van der Waals surface area contributed by atoms with Crippen LogP contribution in [-0.4, -0.2) is 41.1 Å². The van der Waals surface area contributed by atoms with Gasteiger partial charge < -0.3 is 9.64 Å². The van der Waals surface area contributed by atoms with E-state index in [1.165, 1.54) is 0 Å². The lowest BCUT2D eigenvalue weighted by Gasteiger charge is -2.38. The van der Waals surface area contributed by atoms with Crippen molar-refractivity contribution in [2.45, 2.75) is 45.2 Å². The molecule has 2 rings (SSSR count). The summed E-state index contributed by atoms with van der Waals surface area (Å²) in [5.74, 6) is 0.235. The quantitative estimate of drug-likeness (QED) is 0.834. The SMILES string of the molecule is C[C@@H]1COC[C@H](C)N1C(=O)CCCc1ccccn1. The van der Waals surface area contributed by atoms with E-state index in [2.05, 4.69) is 4.98 Å². The van der Waals surface area contributed by atoms with Crippen LogP contribution >= 0.6 is 0 Å². The van der Waals surface area contributed by atoms with E-state index in [1.54, 1.807) is 6.20 Å². The summed E-state index contributed by atoms with van der Waals surface area (Å²) in [5.41, 5.74) is 1.05. The molecule has 4 nitrogen and oxygen atoms in total. The molecule has 4 heteroatoms. The Hall–Kier alpha value is -1.42. The Labute approximate surface area is 114 Å². The van der Waals surface area contributed by atoms with Gasteiger partial charge in [0.15, 0.2) is 0 Å². The van der Waals surface area contributed by atoms with E-state index in [0.717, 1.165) is 18.5 Å². The number of carbonyl (C=O) groups is 1. The van der Waals surface area contributed by atoms with Gasteiger partial charge in [-0.1, -0.05) is 6.07 Å². The number of ether oxygens (including phenoxy) is 1. The van der Waals surface area contributed by atoms with Gasteiger partial charge >= 0.3 is 0 Å². The minimum Gasteiger partial charge on any atom is -0.377 e. The van der Waals surface area contributed by atoms with Crippen LogP contribution in [0.2, 0.25) is 0 Å². The fourth-order valence-corrected chi connectivity index (χ4v) is 2.59. The first-order chi connectivity index (χ1) is 9.18. The zero-order valence-corrected chi connectivity index (χ0v) is 11.7. The predicted molar refractivity (Wildman–Crippen MR) is 73.8 cm³/mol. The first kappa shape index (κ1) is 14.0. The standard InChI is InChI=1S/C15H22N2O2/c1-12-10-19-11-13(2)17(12)15(18)8-5-7-14-6-3-4-9-16-14/h3-4,6,9,12-13H,5,7-8,10-11H2,1-2H3/t12-,13+. The van der Waals surface area contributed by atoms with E-state index in [1.807, 2.05) is 36.9 Å². The third-order valence-electron chi connectivity index (χ3n) is 3.51. The van der Waals surface area contributed by atoms with E-state index in [-0.39, 0.29) is 18.0 Å². The third-order valence-corrected chi connectivity index (χ3v) is 3.51. The van der Waals surface area contributed by atoms with Gasteiger partial charge in [0, 0.05) is 18.3 Å². The maximum Gasteiger partial charge on any atom is 0.223 e. The highest BCUT2D eigenvalue weighted by Gasteiger charge is 2.28. The maximum atomic E-state index is 12.3. The Balaban J connectivity index is 1.80. The molecule has 0 saturated carbocycles. The minimum atomic E-state index is 0.186. The molecule has 2 heterocycles. The van der Waals surface area contributed by atoms with Crippen molar-refractivity contribution in [3.8, 4) is 0 Å². The Kier molecular flexibility index (Phi) is 4.91. The van der Waals surface area contributed by atoms with Gasteiger partial charge in [-0.3, -0.25) is 9.78 Å². The number of aryl methyl sites for hydroxylation is 1. The van der Waals surface area contributed by atoms with Gasteiger partial charge in [0.1, 0.15) is 0 Å². The molecule has 0 spiro atoms. The Bertz CT molecular complexity index is 398. The minimum absolute atomic E-state index is 0.186. The molecule has 0 unspecified atom stereocenters. The molecular formula is C15H22N2O2. The van der Waals surface area contributed by atoms with Gasteiger partial charge in [0.2, 0.25) is 5.91 Å². The highest BCUT2D eigenvalue weighted by molar-refractivity contribution is 5.77. The van der Waals surface area contributed by atoms with Crippen molar-refractivity contribution in [2.75, 3.05) is 13.2 Å². The topological polar surface area (TPSA) is 42.4 Å². The molecular weight excluding hydrogens is 240 g/mol. The van der Waals surface area contributed by atoms with Crippen molar-refractivity contribution >= 4 is 5.91 Å². The van der Waals surface area contributed by atoms with Crippen LogP contribution in [0.15, 0.2) is 24.4 Å². The van der Waals surface area contributed by atoms with Crippen molar-refractivity contribution in [1.29, 1.82) is 0 Å². The van der Waals surface area contributed by atoms with Crippen molar-refractivity contribution in [3.63, 3.8) is 0 Å². The van der Waals surface area contributed by atoms with Crippen molar-refractivity contribution in [1.82, 2.24) is 9.88 Å². The molecule has 1 aromatic rings. The molecule has 0 N–H and O–H groups in total. The van der Waals surface area contributed by atoms with E-state index in [9.17, 15) is 4.79 Å². The lowest BCUT2D eigenvalue weighted by atomic mass is 10.1. The van der Waals surface area contributed by atoms with E-state index in [0.29, 0.717) is 19.6 Å². The fraction of sp³-hybridized carbons (Fsp3) is 0.600. The number of hydrogen-bond donors (Lipinski definition) is 0. The normalized spacial score (nSPS) is 23.4. The van der Waals surface area contributed by atoms with Gasteiger partial charge in [-0.05, 0) is 38.8 Å². The Morgan fingerprint density at radius 3 is 2.74 bits per heavy atom. The van der Waals surface area contributed by atoms with Gasteiger partial charge in [0.25, 0.3) is 0 Å². The number of pyridine rings is 1.